The van der Waals surface area contributed by atoms with Gasteiger partial charge in [0.2, 0.25) is 0 Å². The first-order valence-electron chi connectivity index (χ1n) is 5.88. The number of benzene rings is 1. The Balaban J connectivity index is 2.10. The summed E-state index contributed by atoms with van der Waals surface area (Å²) < 4.78 is 1.78. The van der Waals surface area contributed by atoms with Crippen molar-refractivity contribution < 1.29 is 0 Å². The van der Waals surface area contributed by atoms with Gasteiger partial charge in [-0.3, -0.25) is 0 Å². The Morgan fingerprint density at radius 2 is 2.06 bits per heavy atom. The summed E-state index contributed by atoms with van der Waals surface area (Å²) in [6.07, 6.45) is 10.1. The summed E-state index contributed by atoms with van der Waals surface area (Å²) in [7, 11) is 0. The van der Waals surface area contributed by atoms with Crippen LogP contribution >= 0.6 is 11.6 Å². The average molecular weight is 258 g/mol. The van der Waals surface area contributed by atoms with Gasteiger partial charge in [0.1, 0.15) is 6.33 Å². The first kappa shape index (κ1) is 11.2. The van der Waals surface area contributed by atoms with Crippen molar-refractivity contribution in [3.63, 3.8) is 0 Å². The summed E-state index contributed by atoms with van der Waals surface area (Å²) in [5, 5.41) is 4.94. The fourth-order valence-corrected chi connectivity index (χ4v) is 2.23. The first-order chi connectivity index (χ1) is 8.86. The monoisotopic (exact) mass is 257 g/mol. The second-order valence-corrected chi connectivity index (χ2v) is 4.49. The zero-order valence-electron chi connectivity index (χ0n) is 9.75. The van der Waals surface area contributed by atoms with Crippen LogP contribution in [0.1, 0.15) is 18.7 Å². The molecule has 0 bridgehead atoms. The summed E-state index contributed by atoms with van der Waals surface area (Å²) in [6.45, 7) is 0. The zero-order valence-corrected chi connectivity index (χ0v) is 10.5. The average Bonchev–Trinajstić information content (AvgIpc) is 2.89. The molecule has 1 aromatic carbocycles. The number of nitrogens with zero attached hydrogens (tertiary/aromatic N) is 3. The van der Waals surface area contributed by atoms with E-state index in [0.717, 1.165) is 29.9 Å². The van der Waals surface area contributed by atoms with Crippen molar-refractivity contribution >= 4 is 17.2 Å². The number of rotatable bonds is 2. The van der Waals surface area contributed by atoms with Crippen LogP contribution in [0.25, 0.3) is 11.3 Å². The van der Waals surface area contributed by atoms with Crippen LogP contribution in [-0.2, 0) is 0 Å². The van der Waals surface area contributed by atoms with Gasteiger partial charge in [-0.05, 0) is 25.0 Å². The minimum atomic E-state index is 0.671. The Labute approximate surface area is 110 Å². The highest BCUT2D eigenvalue weighted by Crippen LogP contribution is 2.25. The van der Waals surface area contributed by atoms with E-state index in [4.69, 9.17) is 11.6 Å². The van der Waals surface area contributed by atoms with Gasteiger partial charge in [-0.2, -0.15) is 5.10 Å². The van der Waals surface area contributed by atoms with Gasteiger partial charge in [0, 0.05) is 5.57 Å². The highest BCUT2D eigenvalue weighted by Gasteiger charge is 2.12. The van der Waals surface area contributed by atoms with E-state index in [-0.39, 0.29) is 0 Å². The van der Waals surface area contributed by atoms with E-state index in [1.54, 1.807) is 11.0 Å². The second-order valence-electron chi connectivity index (χ2n) is 4.09. The van der Waals surface area contributed by atoms with E-state index >= 15 is 0 Å². The van der Waals surface area contributed by atoms with Crippen LogP contribution in [0.5, 0.6) is 0 Å². The fourth-order valence-electron chi connectivity index (χ4n) is 2.02. The van der Waals surface area contributed by atoms with Crippen molar-refractivity contribution in [3.8, 4) is 5.69 Å². The number of para-hydroxylation sites is 1. The molecular formula is C14H12ClN3. The number of aromatic nitrogens is 3. The Morgan fingerprint density at radius 1 is 1.17 bits per heavy atom. The summed E-state index contributed by atoms with van der Waals surface area (Å²) >= 11 is 6.20. The fraction of sp³-hybridized carbons (Fsp3) is 0.143. The molecule has 0 unspecified atom stereocenters. The van der Waals surface area contributed by atoms with Crippen LogP contribution in [0.3, 0.4) is 0 Å². The smallest absolute Gasteiger partial charge is 0.162 e. The Kier molecular flexibility index (Phi) is 2.99. The molecule has 18 heavy (non-hydrogen) atoms. The van der Waals surface area contributed by atoms with Gasteiger partial charge in [0.25, 0.3) is 0 Å². The SMILES string of the molecule is Clc1ccccc1-n1ncnc1C1=CCCC=C1. The number of hydrogen-bond donors (Lipinski definition) is 0. The van der Waals surface area contributed by atoms with Gasteiger partial charge in [0.05, 0.1) is 10.7 Å². The van der Waals surface area contributed by atoms with Crippen LogP contribution in [-0.4, -0.2) is 14.8 Å². The number of halogens is 1. The van der Waals surface area contributed by atoms with Crippen molar-refractivity contribution in [2.75, 3.05) is 0 Å². The van der Waals surface area contributed by atoms with E-state index in [2.05, 4.69) is 28.3 Å². The van der Waals surface area contributed by atoms with E-state index in [0.29, 0.717) is 5.02 Å². The minimum absolute atomic E-state index is 0.671. The van der Waals surface area contributed by atoms with Crippen molar-refractivity contribution in [2.24, 2.45) is 0 Å². The Bertz CT molecular complexity index is 625. The lowest BCUT2D eigenvalue weighted by atomic mass is 10.1. The highest BCUT2D eigenvalue weighted by molar-refractivity contribution is 6.32. The van der Waals surface area contributed by atoms with Crippen LogP contribution in [0.2, 0.25) is 5.02 Å². The Morgan fingerprint density at radius 3 is 2.83 bits per heavy atom. The maximum absolute atomic E-state index is 6.20. The van der Waals surface area contributed by atoms with Gasteiger partial charge in [-0.1, -0.05) is 42.0 Å². The molecule has 0 N–H and O–H groups in total. The van der Waals surface area contributed by atoms with Gasteiger partial charge >= 0.3 is 0 Å². The number of allylic oxidation sites excluding steroid dienone is 4. The quantitative estimate of drug-likeness (QED) is 0.822. The topological polar surface area (TPSA) is 30.7 Å². The van der Waals surface area contributed by atoms with E-state index in [9.17, 15) is 0 Å². The maximum Gasteiger partial charge on any atom is 0.162 e. The molecule has 0 spiro atoms. The molecule has 0 saturated carbocycles. The van der Waals surface area contributed by atoms with Crippen molar-refractivity contribution in [2.45, 2.75) is 12.8 Å². The normalized spacial score (nSPS) is 14.6. The molecular weight excluding hydrogens is 246 g/mol. The standard InChI is InChI=1S/C14H12ClN3/c15-12-8-4-5-9-13(12)18-14(16-10-17-18)11-6-2-1-3-7-11/h2,4-10H,1,3H2. The van der Waals surface area contributed by atoms with Crippen LogP contribution < -0.4 is 0 Å². The van der Waals surface area contributed by atoms with E-state index in [1.807, 2.05) is 24.3 Å². The minimum Gasteiger partial charge on any atom is -0.215 e. The van der Waals surface area contributed by atoms with Crippen molar-refractivity contribution in [1.29, 1.82) is 0 Å². The largest absolute Gasteiger partial charge is 0.215 e. The predicted molar refractivity (Wildman–Crippen MR) is 72.7 cm³/mol. The molecule has 3 rings (SSSR count). The maximum atomic E-state index is 6.20. The molecule has 0 amide bonds. The van der Waals surface area contributed by atoms with Crippen molar-refractivity contribution in [3.05, 3.63) is 59.7 Å². The molecule has 0 saturated heterocycles. The van der Waals surface area contributed by atoms with Gasteiger partial charge in [0.15, 0.2) is 5.82 Å². The first-order valence-corrected chi connectivity index (χ1v) is 6.26. The molecule has 0 atom stereocenters. The van der Waals surface area contributed by atoms with Gasteiger partial charge < -0.3 is 0 Å². The number of hydrogen-bond acceptors (Lipinski definition) is 2. The third-order valence-electron chi connectivity index (χ3n) is 2.88. The molecule has 3 nitrogen and oxygen atoms in total. The second kappa shape index (κ2) is 4.78. The summed E-state index contributed by atoms with van der Waals surface area (Å²) in [4.78, 5) is 4.33. The molecule has 1 heterocycles. The molecule has 0 aliphatic heterocycles. The van der Waals surface area contributed by atoms with Gasteiger partial charge in [-0.15, -0.1) is 0 Å². The summed E-state index contributed by atoms with van der Waals surface area (Å²) in [5.74, 6) is 0.832. The highest BCUT2D eigenvalue weighted by atomic mass is 35.5. The lowest BCUT2D eigenvalue weighted by Crippen LogP contribution is -2.03. The predicted octanol–water partition coefficient (Wildman–Crippen LogP) is 3.65. The van der Waals surface area contributed by atoms with E-state index < -0.39 is 0 Å². The molecule has 0 fully saturated rings. The molecule has 4 heteroatoms. The van der Waals surface area contributed by atoms with Crippen LogP contribution in [0.15, 0.2) is 48.8 Å². The lowest BCUT2D eigenvalue weighted by molar-refractivity contribution is 0.862. The Hall–Kier alpha value is -1.87. The molecule has 2 aromatic rings. The van der Waals surface area contributed by atoms with Crippen LogP contribution in [0, 0.1) is 0 Å². The van der Waals surface area contributed by atoms with E-state index in [1.165, 1.54) is 0 Å². The lowest BCUT2D eigenvalue weighted by Gasteiger charge is -2.10. The molecule has 1 aliphatic rings. The molecule has 90 valence electrons. The van der Waals surface area contributed by atoms with Crippen molar-refractivity contribution in [1.82, 2.24) is 14.8 Å². The van der Waals surface area contributed by atoms with Gasteiger partial charge in [-0.25, -0.2) is 9.67 Å². The third kappa shape index (κ3) is 1.97. The molecule has 0 radical (unpaired) electrons. The molecule has 1 aromatic heterocycles. The van der Waals surface area contributed by atoms with Crippen LogP contribution in [0.4, 0.5) is 0 Å². The summed E-state index contributed by atoms with van der Waals surface area (Å²) in [5.41, 5.74) is 1.95. The zero-order chi connectivity index (χ0) is 12.4. The molecule has 1 aliphatic carbocycles. The third-order valence-corrected chi connectivity index (χ3v) is 3.20. The summed E-state index contributed by atoms with van der Waals surface area (Å²) in [6, 6.07) is 7.64.